The fourth-order valence-electron chi connectivity index (χ4n) is 1.82. The third-order valence-electron chi connectivity index (χ3n) is 3.03. The first-order chi connectivity index (χ1) is 9.40. The summed E-state index contributed by atoms with van der Waals surface area (Å²) in [6.07, 6.45) is 0.305. The molecule has 2 aromatic carbocycles. The molecular formula is C16H17NO2. The van der Waals surface area contributed by atoms with Gasteiger partial charge in [-0.1, -0.05) is 30.3 Å². The van der Waals surface area contributed by atoms with Crippen LogP contribution < -0.4 is 10.1 Å². The maximum absolute atomic E-state index is 5.60. The normalized spacial score (nSPS) is 16.9. The van der Waals surface area contributed by atoms with Crippen molar-refractivity contribution in [2.45, 2.75) is 12.6 Å². The molecule has 0 amide bonds. The lowest BCUT2D eigenvalue weighted by molar-refractivity contribution is 0.263. The average Bonchev–Trinajstić information content (AvgIpc) is 3.29. The van der Waals surface area contributed by atoms with Crippen LogP contribution in [0.15, 0.2) is 54.6 Å². The highest BCUT2D eigenvalue weighted by Gasteiger charge is 2.22. The summed E-state index contributed by atoms with van der Waals surface area (Å²) in [5, 5.41) is 3.38. The van der Waals surface area contributed by atoms with Crippen LogP contribution in [0.25, 0.3) is 0 Å². The molecule has 0 saturated carbocycles. The summed E-state index contributed by atoms with van der Waals surface area (Å²) < 4.78 is 10.7. The number of hydrogen-bond donors (Lipinski definition) is 1. The zero-order chi connectivity index (χ0) is 12.9. The zero-order valence-corrected chi connectivity index (χ0v) is 10.7. The Balaban J connectivity index is 1.50. The van der Waals surface area contributed by atoms with Crippen LogP contribution in [0.2, 0.25) is 0 Å². The first kappa shape index (κ1) is 12.1. The van der Waals surface area contributed by atoms with E-state index < -0.39 is 0 Å². The largest absolute Gasteiger partial charge is 0.491 e. The summed E-state index contributed by atoms with van der Waals surface area (Å²) in [6, 6.07) is 18.4. The lowest BCUT2D eigenvalue weighted by atomic mass is 10.2. The van der Waals surface area contributed by atoms with E-state index in [9.17, 15) is 0 Å². The van der Waals surface area contributed by atoms with Gasteiger partial charge in [-0.25, -0.2) is 0 Å². The molecule has 1 fully saturated rings. The van der Waals surface area contributed by atoms with Gasteiger partial charge < -0.3 is 14.8 Å². The predicted octanol–water partition coefficient (Wildman–Crippen LogP) is 3.08. The van der Waals surface area contributed by atoms with Gasteiger partial charge in [-0.15, -0.1) is 0 Å². The Morgan fingerprint density at radius 3 is 2.47 bits per heavy atom. The Hall–Kier alpha value is -2.00. The van der Waals surface area contributed by atoms with E-state index in [1.807, 2.05) is 30.3 Å². The summed E-state index contributed by atoms with van der Waals surface area (Å²) in [5.41, 5.74) is 2.37. The average molecular weight is 255 g/mol. The SMILES string of the molecule is c1ccc(NCc2ccc(OCC3CO3)cc2)cc1. The quantitative estimate of drug-likeness (QED) is 0.805. The molecule has 3 rings (SSSR count). The molecule has 19 heavy (non-hydrogen) atoms. The van der Waals surface area contributed by atoms with Crippen molar-refractivity contribution in [1.82, 2.24) is 0 Å². The predicted molar refractivity (Wildman–Crippen MR) is 75.4 cm³/mol. The number of anilines is 1. The molecule has 3 nitrogen and oxygen atoms in total. The van der Waals surface area contributed by atoms with Crippen molar-refractivity contribution in [3.63, 3.8) is 0 Å². The Morgan fingerprint density at radius 1 is 1.05 bits per heavy atom. The number of ether oxygens (including phenoxy) is 2. The van der Waals surface area contributed by atoms with Crippen LogP contribution in [0.3, 0.4) is 0 Å². The van der Waals surface area contributed by atoms with Crippen LogP contribution in [-0.2, 0) is 11.3 Å². The molecule has 0 aliphatic carbocycles. The first-order valence-electron chi connectivity index (χ1n) is 6.52. The van der Waals surface area contributed by atoms with Crippen molar-refractivity contribution >= 4 is 5.69 Å². The summed E-state index contributed by atoms with van der Waals surface area (Å²) in [4.78, 5) is 0. The molecule has 0 radical (unpaired) electrons. The monoisotopic (exact) mass is 255 g/mol. The summed E-state index contributed by atoms with van der Waals surface area (Å²) in [7, 11) is 0. The second kappa shape index (κ2) is 5.76. The van der Waals surface area contributed by atoms with E-state index in [0.717, 1.165) is 24.6 Å². The molecule has 2 aromatic rings. The van der Waals surface area contributed by atoms with Gasteiger partial charge >= 0.3 is 0 Å². The summed E-state index contributed by atoms with van der Waals surface area (Å²) in [6.45, 7) is 2.30. The lowest BCUT2D eigenvalue weighted by Gasteiger charge is -2.08. The van der Waals surface area contributed by atoms with Crippen LogP contribution in [0.1, 0.15) is 5.56 Å². The number of rotatable bonds is 6. The smallest absolute Gasteiger partial charge is 0.119 e. The second-order valence-electron chi connectivity index (χ2n) is 4.63. The number of para-hydroxylation sites is 1. The highest BCUT2D eigenvalue weighted by molar-refractivity contribution is 5.43. The van der Waals surface area contributed by atoms with Gasteiger partial charge in [0.05, 0.1) is 6.61 Å². The molecule has 1 atom stereocenters. The third kappa shape index (κ3) is 3.73. The maximum atomic E-state index is 5.60. The fraction of sp³-hybridized carbons (Fsp3) is 0.250. The van der Waals surface area contributed by atoms with Gasteiger partial charge in [0, 0.05) is 12.2 Å². The second-order valence-corrected chi connectivity index (χ2v) is 4.63. The van der Waals surface area contributed by atoms with Crippen molar-refractivity contribution in [3.05, 3.63) is 60.2 Å². The number of nitrogens with one attached hydrogen (secondary N) is 1. The van der Waals surface area contributed by atoms with E-state index in [1.165, 1.54) is 5.56 Å². The van der Waals surface area contributed by atoms with Gasteiger partial charge in [0.2, 0.25) is 0 Å². The van der Waals surface area contributed by atoms with Crippen molar-refractivity contribution in [2.24, 2.45) is 0 Å². The van der Waals surface area contributed by atoms with Crippen LogP contribution in [-0.4, -0.2) is 19.3 Å². The zero-order valence-electron chi connectivity index (χ0n) is 10.7. The van der Waals surface area contributed by atoms with Gasteiger partial charge in [0.15, 0.2) is 0 Å². The van der Waals surface area contributed by atoms with Crippen LogP contribution >= 0.6 is 0 Å². The van der Waals surface area contributed by atoms with Crippen molar-refractivity contribution in [3.8, 4) is 5.75 Å². The molecule has 0 spiro atoms. The first-order valence-corrected chi connectivity index (χ1v) is 6.52. The minimum atomic E-state index is 0.305. The lowest BCUT2D eigenvalue weighted by Crippen LogP contribution is -2.04. The molecule has 1 N–H and O–H groups in total. The van der Waals surface area contributed by atoms with E-state index >= 15 is 0 Å². The van der Waals surface area contributed by atoms with Crippen molar-refractivity contribution in [2.75, 3.05) is 18.5 Å². The van der Waals surface area contributed by atoms with Crippen LogP contribution in [0.4, 0.5) is 5.69 Å². The van der Waals surface area contributed by atoms with Gasteiger partial charge in [-0.2, -0.15) is 0 Å². The van der Waals surface area contributed by atoms with Gasteiger partial charge in [0.1, 0.15) is 18.5 Å². The molecule has 1 aliphatic heterocycles. The highest BCUT2D eigenvalue weighted by atomic mass is 16.6. The molecule has 3 heteroatoms. The molecule has 1 heterocycles. The Labute approximate surface area is 113 Å². The number of benzene rings is 2. The number of hydrogen-bond acceptors (Lipinski definition) is 3. The molecular weight excluding hydrogens is 238 g/mol. The van der Waals surface area contributed by atoms with Crippen molar-refractivity contribution in [1.29, 1.82) is 0 Å². The molecule has 1 aliphatic rings. The minimum absolute atomic E-state index is 0.305. The molecule has 98 valence electrons. The van der Waals surface area contributed by atoms with Gasteiger partial charge in [-0.05, 0) is 29.8 Å². The van der Waals surface area contributed by atoms with Crippen molar-refractivity contribution < 1.29 is 9.47 Å². The van der Waals surface area contributed by atoms with E-state index in [2.05, 4.69) is 29.6 Å². The van der Waals surface area contributed by atoms with Crippen LogP contribution in [0, 0.1) is 0 Å². The van der Waals surface area contributed by atoms with Gasteiger partial charge in [0.25, 0.3) is 0 Å². The minimum Gasteiger partial charge on any atom is -0.491 e. The Morgan fingerprint density at radius 2 is 1.79 bits per heavy atom. The molecule has 1 saturated heterocycles. The topological polar surface area (TPSA) is 33.8 Å². The Bertz CT molecular complexity index is 506. The molecule has 1 unspecified atom stereocenters. The van der Waals surface area contributed by atoms with E-state index in [1.54, 1.807) is 0 Å². The summed E-state index contributed by atoms with van der Waals surface area (Å²) in [5.74, 6) is 0.902. The maximum Gasteiger partial charge on any atom is 0.119 e. The molecule has 0 aromatic heterocycles. The standard InChI is InChI=1S/C16H17NO2/c1-2-4-14(5-3-1)17-10-13-6-8-15(9-7-13)18-11-16-12-19-16/h1-9,16-17H,10-12H2. The number of epoxide rings is 1. The van der Waals surface area contributed by atoms with E-state index in [0.29, 0.717) is 12.7 Å². The third-order valence-corrected chi connectivity index (χ3v) is 3.03. The van der Waals surface area contributed by atoms with E-state index in [4.69, 9.17) is 9.47 Å². The summed E-state index contributed by atoms with van der Waals surface area (Å²) >= 11 is 0. The van der Waals surface area contributed by atoms with E-state index in [-0.39, 0.29) is 0 Å². The van der Waals surface area contributed by atoms with Gasteiger partial charge in [-0.3, -0.25) is 0 Å². The molecule has 0 bridgehead atoms. The van der Waals surface area contributed by atoms with Crippen LogP contribution in [0.5, 0.6) is 5.75 Å². The Kier molecular flexibility index (Phi) is 3.65. The fourth-order valence-corrected chi connectivity index (χ4v) is 1.82. The highest BCUT2D eigenvalue weighted by Crippen LogP contribution is 2.16.